The Hall–Kier alpha value is -2.66. The third-order valence-electron chi connectivity index (χ3n) is 4.83. The van der Waals surface area contributed by atoms with Crippen LogP contribution in [-0.2, 0) is 14.3 Å². The summed E-state index contributed by atoms with van der Waals surface area (Å²) in [6.45, 7) is 12.2. The molecule has 0 spiro atoms. The third-order valence-corrected chi connectivity index (χ3v) is 4.83. The summed E-state index contributed by atoms with van der Waals surface area (Å²) in [6.07, 6.45) is 4.51. The molecule has 0 radical (unpaired) electrons. The molecule has 0 bridgehead atoms. The molecule has 2 unspecified atom stereocenters. The van der Waals surface area contributed by atoms with Gasteiger partial charge in [0.1, 0.15) is 0 Å². The number of carbonyl (C=O) groups excluding carboxylic acids is 2. The predicted molar refractivity (Wildman–Crippen MR) is 108 cm³/mol. The summed E-state index contributed by atoms with van der Waals surface area (Å²) in [6, 6.07) is 7.84. The summed E-state index contributed by atoms with van der Waals surface area (Å²) in [7, 11) is 0. The zero-order valence-corrected chi connectivity index (χ0v) is 17.1. The Kier molecular flexibility index (Phi) is 6.30. The lowest BCUT2D eigenvalue weighted by molar-refractivity contribution is -0.153. The summed E-state index contributed by atoms with van der Waals surface area (Å²) in [4.78, 5) is 23.4. The molecule has 28 heavy (non-hydrogen) atoms. The quantitative estimate of drug-likeness (QED) is 0.476. The number of hydrogen-bond acceptors (Lipinski definition) is 5. The molecule has 0 amide bonds. The van der Waals surface area contributed by atoms with Gasteiger partial charge in [-0.3, -0.25) is 9.59 Å². The minimum absolute atomic E-state index is 0.178. The number of aliphatic hydroxyl groups is 1. The van der Waals surface area contributed by atoms with Gasteiger partial charge in [-0.05, 0) is 48.6 Å². The van der Waals surface area contributed by atoms with Crippen LogP contribution in [0.25, 0.3) is 0 Å². The van der Waals surface area contributed by atoms with E-state index in [9.17, 15) is 14.7 Å². The summed E-state index contributed by atoms with van der Waals surface area (Å²) < 4.78 is 10.0. The number of allylic oxidation sites excluding steroid dienone is 2. The number of rotatable bonds is 4. The molecular weight excluding hydrogens is 356 g/mol. The highest BCUT2D eigenvalue weighted by atomic mass is 16.6. The first-order chi connectivity index (χ1) is 13.0. The number of ketones is 1. The normalized spacial score (nSPS) is 21.6. The standard InChI is InChI=1S/C17H24O4.C6H4O/c1-7-17(6,20)9-8-13-11(2)15(19)14(21-12(3)18)10-16(13,4)5;1-2-4-6-5(3-1)7-6/h7-9,14,20H,1,10H2,2-6H3;1-4H. The summed E-state index contributed by atoms with van der Waals surface area (Å²) in [5.41, 5.74) is -0.0444. The van der Waals surface area contributed by atoms with Crippen LogP contribution >= 0.6 is 0 Å². The Morgan fingerprint density at radius 1 is 1.36 bits per heavy atom. The van der Waals surface area contributed by atoms with Crippen LogP contribution in [0.15, 0.2) is 60.2 Å². The molecule has 1 heterocycles. The number of benzene rings is 1. The molecule has 5 heteroatoms. The van der Waals surface area contributed by atoms with Crippen molar-refractivity contribution in [2.75, 3.05) is 0 Å². The molecule has 1 aliphatic carbocycles. The second-order valence-electron chi connectivity index (χ2n) is 7.90. The van der Waals surface area contributed by atoms with Gasteiger partial charge in [0.25, 0.3) is 0 Å². The number of para-hydroxylation sites is 2. The van der Waals surface area contributed by atoms with Crippen LogP contribution in [0.4, 0.5) is 0 Å². The number of ether oxygens (including phenoxy) is 2. The SMILES string of the molecule is C=CC(C)(O)C=CC1=C(C)C(=O)C(OC(C)=O)CC1(C)C.c1ccc2c(c1)O2. The number of carbonyl (C=O) groups is 2. The van der Waals surface area contributed by atoms with Gasteiger partial charge in [-0.1, -0.05) is 44.7 Å². The third kappa shape index (κ3) is 5.42. The van der Waals surface area contributed by atoms with E-state index in [1.807, 2.05) is 38.1 Å². The van der Waals surface area contributed by atoms with Crippen molar-refractivity contribution in [1.29, 1.82) is 0 Å². The molecule has 2 atom stereocenters. The van der Waals surface area contributed by atoms with E-state index in [0.717, 1.165) is 17.1 Å². The van der Waals surface area contributed by atoms with Gasteiger partial charge in [0, 0.05) is 13.3 Å². The van der Waals surface area contributed by atoms with Crippen molar-refractivity contribution in [3.63, 3.8) is 0 Å². The summed E-state index contributed by atoms with van der Waals surface area (Å²) >= 11 is 0. The highest BCUT2D eigenvalue weighted by Gasteiger charge is 2.39. The topological polar surface area (TPSA) is 76.1 Å². The number of esters is 1. The van der Waals surface area contributed by atoms with Gasteiger partial charge in [-0.2, -0.15) is 0 Å². The van der Waals surface area contributed by atoms with Crippen LogP contribution in [0.2, 0.25) is 0 Å². The maximum Gasteiger partial charge on any atom is 0.303 e. The summed E-state index contributed by atoms with van der Waals surface area (Å²) in [5.74, 6) is 1.43. The number of Topliss-reactive ketones (excluding diaryl/α,β-unsaturated/α-hetero) is 1. The minimum Gasteiger partial charge on any atom is -0.454 e. The Bertz CT molecular complexity index is 821. The molecule has 1 N–H and O–H groups in total. The van der Waals surface area contributed by atoms with E-state index in [1.165, 1.54) is 13.0 Å². The van der Waals surface area contributed by atoms with E-state index in [1.54, 1.807) is 26.0 Å². The average Bonchev–Trinajstić information content (AvgIpc) is 3.38. The fourth-order valence-electron chi connectivity index (χ4n) is 3.13. The van der Waals surface area contributed by atoms with Gasteiger partial charge < -0.3 is 14.6 Å². The van der Waals surface area contributed by atoms with Crippen molar-refractivity contribution in [3.8, 4) is 11.5 Å². The van der Waals surface area contributed by atoms with Crippen molar-refractivity contribution in [2.24, 2.45) is 5.41 Å². The van der Waals surface area contributed by atoms with E-state index >= 15 is 0 Å². The maximum atomic E-state index is 12.3. The minimum atomic E-state index is -1.13. The van der Waals surface area contributed by atoms with Crippen LogP contribution in [0, 0.1) is 5.41 Å². The van der Waals surface area contributed by atoms with Crippen molar-refractivity contribution in [3.05, 3.63) is 60.2 Å². The monoisotopic (exact) mass is 384 g/mol. The Morgan fingerprint density at radius 3 is 2.39 bits per heavy atom. The molecule has 0 saturated carbocycles. The van der Waals surface area contributed by atoms with Crippen molar-refractivity contribution < 1.29 is 24.2 Å². The molecule has 0 saturated heterocycles. The van der Waals surface area contributed by atoms with E-state index in [2.05, 4.69) is 6.58 Å². The molecular formula is C23H28O5. The lowest BCUT2D eigenvalue weighted by atomic mass is 9.70. The second kappa shape index (κ2) is 8.15. The smallest absolute Gasteiger partial charge is 0.303 e. The first-order valence-electron chi connectivity index (χ1n) is 9.22. The van der Waals surface area contributed by atoms with Crippen LogP contribution in [0.3, 0.4) is 0 Å². The summed E-state index contributed by atoms with van der Waals surface area (Å²) in [5, 5.41) is 9.97. The van der Waals surface area contributed by atoms with Gasteiger partial charge in [-0.25, -0.2) is 0 Å². The molecule has 0 aromatic heterocycles. The van der Waals surface area contributed by atoms with E-state index < -0.39 is 17.7 Å². The molecule has 1 aliphatic heterocycles. The zero-order valence-electron chi connectivity index (χ0n) is 17.1. The molecule has 5 nitrogen and oxygen atoms in total. The number of fused-ring (bicyclic) bond motifs is 1. The van der Waals surface area contributed by atoms with Gasteiger partial charge in [0.15, 0.2) is 23.4 Å². The second-order valence-corrected chi connectivity index (χ2v) is 7.90. The van der Waals surface area contributed by atoms with Gasteiger partial charge in [0.05, 0.1) is 5.60 Å². The van der Waals surface area contributed by atoms with Gasteiger partial charge in [-0.15, -0.1) is 0 Å². The maximum absolute atomic E-state index is 12.3. The Morgan fingerprint density at radius 2 is 1.93 bits per heavy atom. The molecule has 2 aliphatic rings. The lowest BCUT2D eigenvalue weighted by Crippen LogP contribution is -2.38. The van der Waals surface area contributed by atoms with E-state index in [0.29, 0.717) is 12.0 Å². The molecule has 1 aromatic carbocycles. The highest BCUT2D eigenvalue weighted by molar-refractivity contribution is 6.01. The van der Waals surface area contributed by atoms with Gasteiger partial charge >= 0.3 is 5.97 Å². The Balaban J connectivity index is 0.000000327. The first-order valence-corrected chi connectivity index (χ1v) is 9.22. The van der Waals surface area contributed by atoms with Crippen molar-refractivity contribution in [2.45, 2.75) is 52.7 Å². The predicted octanol–water partition coefficient (Wildman–Crippen LogP) is 4.52. The molecule has 3 rings (SSSR count). The average molecular weight is 384 g/mol. The van der Waals surface area contributed by atoms with Crippen LogP contribution in [-0.4, -0.2) is 28.6 Å². The molecule has 150 valence electrons. The van der Waals surface area contributed by atoms with E-state index in [4.69, 9.17) is 9.47 Å². The lowest BCUT2D eigenvalue weighted by Gasteiger charge is -2.36. The molecule has 1 aromatic rings. The fraction of sp³-hybridized carbons (Fsp3) is 0.391. The largest absolute Gasteiger partial charge is 0.454 e. The van der Waals surface area contributed by atoms with Gasteiger partial charge in [0.2, 0.25) is 0 Å². The molecule has 0 fully saturated rings. The zero-order chi connectivity index (χ0) is 21.1. The Labute approximate surface area is 166 Å². The van der Waals surface area contributed by atoms with Crippen molar-refractivity contribution in [1.82, 2.24) is 0 Å². The number of hydrogen-bond donors (Lipinski definition) is 1. The highest BCUT2D eigenvalue weighted by Crippen LogP contribution is 2.43. The van der Waals surface area contributed by atoms with Crippen molar-refractivity contribution >= 4 is 11.8 Å². The van der Waals surface area contributed by atoms with Crippen LogP contribution in [0.1, 0.15) is 41.0 Å². The van der Waals surface area contributed by atoms with E-state index in [-0.39, 0.29) is 11.2 Å². The fourth-order valence-corrected chi connectivity index (χ4v) is 3.13. The van der Waals surface area contributed by atoms with Crippen LogP contribution in [0.5, 0.6) is 11.5 Å². The van der Waals surface area contributed by atoms with Crippen LogP contribution < -0.4 is 4.74 Å². The first kappa shape index (κ1) is 21.6.